The van der Waals surface area contributed by atoms with Gasteiger partial charge in [-0.3, -0.25) is 4.90 Å². The average Bonchev–Trinajstić information content (AvgIpc) is 2.12. The fourth-order valence-electron chi connectivity index (χ4n) is 1.83. The highest BCUT2D eigenvalue weighted by Crippen LogP contribution is 2.17. The first-order valence-corrected chi connectivity index (χ1v) is 6.67. The molecular formula is C15H32N2. The van der Waals surface area contributed by atoms with Crippen molar-refractivity contribution in [1.82, 2.24) is 10.2 Å². The third kappa shape index (κ3) is 9.37. The highest BCUT2D eigenvalue weighted by molar-refractivity contribution is 4.93. The summed E-state index contributed by atoms with van der Waals surface area (Å²) in [7, 11) is 0. The van der Waals surface area contributed by atoms with Crippen LogP contribution in [0.3, 0.4) is 0 Å². The van der Waals surface area contributed by atoms with Crippen LogP contribution in [-0.2, 0) is 0 Å². The molecule has 1 N–H and O–H groups in total. The van der Waals surface area contributed by atoms with Crippen LogP contribution in [0.4, 0.5) is 0 Å². The molecule has 0 heterocycles. The Hall–Kier alpha value is -0.340. The van der Waals surface area contributed by atoms with E-state index in [4.69, 9.17) is 0 Å². The molecule has 0 saturated heterocycles. The molecule has 17 heavy (non-hydrogen) atoms. The Balaban J connectivity index is 4.25. The fourth-order valence-corrected chi connectivity index (χ4v) is 1.83. The second-order valence-electron chi connectivity index (χ2n) is 7.03. The van der Waals surface area contributed by atoms with Crippen LogP contribution in [0.25, 0.3) is 0 Å². The van der Waals surface area contributed by atoms with Crippen LogP contribution in [0.5, 0.6) is 0 Å². The molecule has 0 rings (SSSR count). The van der Waals surface area contributed by atoms with E-state index in [1.54, 1.807) is 0 Å². The molecule has 0 aromatic carbocycles. The predicted octanol–water partition coefficient (Wildman–Crippen LogP) is 3.30. The third-order valence-electron chi connectivity index (χ3n) is 2.69. The number of rotatable bonds is 7. The van der Waals surface area contributed by atoms with Crippen molar-refractivity contribution < 1.29 is 0 Å². The van der Waals surface area contributed by atoms with Crippen molar-refractivity contribution in [1.29, 1.82) is 0 Å². The Bertz CT molecular complexity index is 236. The zero-order valence-corrected chi connectivity index (χ0v) is 13.0. The summed E-state index contributed by atoms with van der Waals surface area (Å²) < 4.78 is 0. The quantitative estimate of drug-likeness (QED) is 0.687. The molecule has 0 saturated carbocycles. The lowest BCUT2D eigenvalue weighted by atomic mass is 9.91. The standard InChI is InChI=1S/C15H32N2/c1-9-17(10-13(2)3)12-15(7,8)11-16-14(4,5)6/h16H,2,9-12H2,1,3-8H3. The highest BCUT2D eigenvalue weighted by Gasteiger charge is 2.23. The topological polar surface area (TPSA) is 15.3 Å². The van der Waals surface area contributed by atoms with Crippen molar-refractivity contribution in [3.05, 3.63) is 12.2 Å². The van der Waals surface area contributed by atoms with Crippen LogP contribution in [0.2, 0.25) is 0 Å². The maximum Gasteiger partial charge on any atom is 0.0187 e. The highest BCUT2D eigenvalue weighted by atomic mass is 15.1. The second-order valence-corrected chi connectivity index (χ2v) is 7.03. The Morgan fingerprint density at radius 3 is 2.06 bits per heavy atom. The summed E-state index contributed by atoms with van der Waals surface area (Å²) >= 11 is 0. The van der Waals surface area contributed by atoms with E-state index >= 15 is 0 Å². The van der Waals surface area contributed by atoms with E-state index in [0.717, 1.165) is 26.2 Å². The van der Waals surface area contributed by atoms with Crippen LogP contribution < -0.4 is 5.32 Å². The molecule has 0 bridgehead atoms. The second kappa shape index (κ2) is 6.55. The van der Waals surface area contributed by atoms with E-state index in [9.17, 15) is 0 Å². The van der Waals surface area contributed by atoms with E-state index in [2.05, 4.69) is 65.3 Å². The Kier molecular flexibility index (Phi) is 6.42. The molecule has 0 atom stereocenters. The molecule has 102 valence electrons. The summed E-state index contributed by atoms with van der Waals surface area (Å²) in [6, 6.07) is 0. The molecular weight excluding hydrogens is 208 g/mol. The zero-order valence-electron chi connectivity index (χ0n) is 13.0. The van der Waals surface area contributed by atoms with Crippen molar-refractivity contribution in [3.8, 4) is 0 Å². The van der Waals surface area contributed by atoms with Crippen LogP contribution in [0, 0.1) is 5.41 Å². The Morgan fingerprint density at radius 1 is 1.18 bits per heavy atom. The van der Waals surface area contributed by atoms with Gasteiger partial charge in [-0.1, -0.05) is 32.9 Å². The molecule has 0 radical (unpaired) electrons. The number of nitrogens with zero attached hydrogens (tertiary/aromatic N) is 1. The summed E-state index contributed by atoms with van der Waals surface area (Å²) in [6.45, 7) is 23.9. The van der Waals surface area contributed by atoms with Gasteiger partial charge in [0.1, 0.15) is 0 Å². The smallest absolute Gasteiger partial charge is 0.0187 e. The zero-order chi connectivity index (χ0) is 13.7. The molecule has 0 aliphatic carbocycles. The van der Waals surface area contributed by atoms with Gasteiger partial charge in [0.15, 0.2) is 0 Å². The van der Waals surface area contributed by atoms with E-state index < -0.39 is 0 Å². The van der Waals surface area contributed by atoms with Crippen LogP contribution >= 0.6 is 0 Å². The van der Waals surface area contributed by atoms with Gasteiger partial charge in [0, 0.05) is 25.2 Å². The van der Waals surface area contributed by atoms with Gasteiger partial charge in [-0.05, 0) is 39.7 Å². The van der Waals surface area contributed by atoms with E-state index in [1.165, 1.54) is 5.57 Å². The largest absolute Gasteiger partial charge is 0.311 e. The minimum absolute atomic E-state index is 0.197. The Labute approximate surface area is 108 Å². The van der Waals surface area contributed by atoms with Gasteiger partial charge in [0.05, 0.1) is 0 Å². The van der Waals surface area contributed by atoms with E-state index in [1.807, 2.05) is 0 Å². The monoisotopic (exact) mass is 240 g/mol. The van der Waals surface area contributed by atoms with Gasteiger partial charge in [0.25, 0.3) is 0 Å². The normalized spacial score (nSPS) is 13.2. The lowest BCUT2D eigenvalue weighted by molar-refractivity contribution is 0.181. The predicted molar refractivity (Wildman–Crippen MR) is 78.5 cm³/mol. The van der Waals surface area contributed by atoms with Crippen LogP contribution in [-0.4, -0.2) is 36.6 Å². The lowest BCUT2D eigenvalue weighted by Gasteiger charge is -2.35. The summed E-state index contributed by atoms with van der Waals surface area (Å²) in [5, 5.41) is 3.60. The fraction of sp³-hybridized carbons (Fsp3) is 0.867. The van der Waals surface area contributed by atoms with Crippen molar-refractivity contribution in [2.24, 2.45) is 5.41 Å². The van der Waals surface area contributed by atoms with Gasteiger partial charge in [-0.2, -0.15) is 0 Å². The first-order valence-electron chi connectivity index (χ1n) is 6.67. The summed E-state index contributed by atoms with van der Waals surface area (Å²) in [4.78, 5) is 2.46. The minimum atomic E-state index is 0.197. The molecule has 0 fully saturated rings. The van der Waals surface area contributed by atoms with Gasteiger partial charge in [-0.25, -0.2) is 0 Å². The van der Waals surface area contributed by atoms with Crippen molar-refractivity contribution in [2.45, 2.75) is 54.0 Å². The first-order chi connectivity index (χ1) is 7.56. The van der Waals surface area contributed by atoms with Gasteiger partial charge in [0.2, 0.25) is 0 Å². The minimum Gasteiger partial charge on any atom is -0.311 e. The van der Waals surface area contributed by atoms with Crippen LogP contribution in [0.15, 0.2) is 12.2 Å². The SMILES string of the molecule is C=C(C)CN(CC)CC(C)(C)CNC(C)(C)C. The third-order valence-corrected chi connectivity index (χ3v) is 2.69. The number of hydrogen-bond donors (Lipinski definition) is 1. The molecule has 0 aromatic heterocycles. The summed E-state index contributed by atoms with van der Waals surface area (Å²) in [6.07, 6.45) is 0. The van der Waals surface area contributed by atoms with Crippen molar-refractivity contribution >= 4 is 0 Å². The molecule has 0 unspecified atom stereocenters. The lowest BCUT2D eigenvalue weighted by Crippen LogP contribution is -2.46. The number of likely N-dealkylation sites (N-methyl/N-ethyl adjacent to an activating group) is 1. The molecule has 2 heteroatoms. The summed E-state index contributed by atoms with van der Waals surface area (Å²) in [5.74, 6) is 0. The maximum atomic E-state index is 4.00. The molecule has 0 amide bonds. The summed E-state index contributed by atoms with van der Waals surface area (Å²) in [5.41, 5.74) is 1.73. The van der Waals surface area contributed by atoms with E-state index in [0.29, 0.717) is 5.41 Å². The van der Waals surface area contributed by atoms with Crippen molar-refractivity contribution in [3.63, 3.8) is 0 Å². The number of hydrogen-bond acceptors (Lipinski definition) is 2. The Morgan fingerprint density at radius 2 is 1.71 bits per heavy atom. The molecule has 0 aliphatic rings. The molecule has 0 aliphatic heterocycles. The first kappa shape index (κ1) is 16.7. The molecule has 0 spiro atoms. The van der Waals surface area contributed by atoms with Gasteiger partial charge < -0.3 is 5.32 Å². The average molecular weight is 240 g/mol. The van der Waals surface area contributed by atoms with Crippen LogP contribution in [0.1, 0.15) is 48.5 Å². The van der Waals surface area contributed by atoms with Gasteiger partial charge >= 0.3 is 0 Å². The number of nitrogens with one attached hydrogen (secondary N) is 1. The van der Waals surface area contributed by atoms with Gasteiger partial charge in [-0.15, -0.1) is 0 Å². The molecule has 2 nitrogen and oxygen atoms in total. The van der Waals surface area contributed by atoms with E-state index in [-0.39, 0.29) is 5.54 Å². The maximum absolute atomic E-state index is 4.00. The molecule has 0 aromatic rings. The van der Waals surface area contributed by atoms with Crippen molar-refractivity contribution in [2.75, 3.05) is 26.2 Å².